The first-order chi connectivity index (χ1) is 9.11. The van der Waals surface area contributed by atoms with Gasteiger partial charge in [0.25, 0.3) is 0 Å². The highest BCUT2D eigenvalue weighted by molar-refractivity contribution is 9.11. The SMILES string of the molecule is CCC(C)[C@H](c1cc(Br)cc(Br)c1)N1CCNCC1. The molecular formula is C15H22Br2N2. The first-order valence-corrected chi connectivity index (χ1v) is 8.61. The van der Waals surface area contributed by atoms with Crippen molar-refractivity contribution in [2.75, 3.05) is 26.2 Å². The quantitative estimate of drug-likeness (QED) is 0.829. The van der Waals surface area contributed by atoms with Crippen molar-refractivity contribution >= 4 is 31.9 Å². The molecule has 2 rings (SSSR count). The molecule has 2 atom stereocenters. The summed E-state index contributed by atoms with van der Waals surface area (Å²) in [7, 11) is 0. The van der Waals surface area contributed by atoms with Gasteiger partial charge in [0.15, 0.2) is 0 Å². The summed E-state index contributed by atoms with van der Waals surface area (Å²) in [5.41, 5.74) is 1.41. The molecule has 1 aliphatic heterocycles. The van der Waals surface area contributed by atoms with Crippen molar-refractivity contribution in [3.05, 3.63) is 32.7 Å². The molecule has 0 aliphatic carbocycles. The van der Waals surface area contributed by atoms with Crippen molar-refractivity contribution in [2.45, 2.75) is 26.3 Å². The Bertz CT molecular complexity index is 396. The zero-order valence-electron chi connectivity index (χ0n) is 11.6. The van der Waals surface area contributed by atoms with Crippen molar-refractivity contribution in [3.8, 4) is 0 Å². The van der Waals surface area contributed by atoms with Crippen molar-refractivity contribution in [1.82, 2.24) is 10.2 Å². The summed E-state index contributed by atoms with van der Waals surface area (Å²) in [6, 6.07) is 7.16. The minimum Gasteiger partial charge on any atom is -0.314 e. The number of hydrogen-bond acceptors (Lipinski definition) is 2. The highest BCUT2D eigenvalue weighted by atomic mass is 79.9. The van der Waals surface area contributed by atoms with Crippen LogP contribution in [0.2, 0.25) is 0 Å². The molecule has 0 saturated carbocycles. The minimum absolute atomic E-state index is 0.515. The molecule has 0 bridgehead atoms. The van der Waals surface area contributed by atoms with Gasteiger partial charge in [0, 0.05) is 41.2 Å². The Labute approximate surface area is 133 Å². The number of halogens is 2. The molecule has 1 N–H and O–H groups in total. The average Bonchev–Trinajstić information content (AvgIpc) is 2.39. The second-order valence-corrected chi connectivity index (χ2v) is 7.15. The van der Waals surface area contributed by atoms with Crippen LogP contribution in [0.4, 0.5) is 0 Å². The number of rotatable bonds is 4. The van der Waals surface area contributed by atoms with E-state index < -0.39 is 0 Å². The monoisotopic (exact) mass is 388 g/mol. The van der Waals surface area contributed by atoms with Gasteiger partial charge >= 0.3 is 0 Å². The van der Waals surface area contributed by atoms with Gasteiger partial charge in [0.05, 0.1) is 0 Å². The molecule has 1 fully saturated rings. The zero-order valence-corrected chi connectivity index (χ0v) is 14.8. The predicted molar refractivity (Wildman–Crippen MR) is 88.5 cm³/mol. The predicted octanol–water partition coefficient (Wildman–Crippen LogP) is 4.20. The number of nitrogens with one attached hydrogen (secondary N) is 1. The highest BCUT2D eigenvalue weighted by Crippen LogP contribution is 2.34. The summed E-state index contributed by atoms with van der Waals surface area (Å²) in [6.45, 7) is 9.12. The molecule has 0 radical (unpaired) electrons. The van der Waals surface area contributed by atoms with Crippen LogP contribution < -0.4 is 5.32 Å². The fourth-order valence-electron chi connectivity index (χ4n) is 2.83. The first kappa shape index (κ1) is 15.5. The summed E-state index contributed by atoms with van der Waals surface area (Å²) in [6.07, 6.45) is 1.21. The normalized spacial score (nSPS) is 20.2. The van der Waals surface area contributed by atoms with Crippen LogP contribution >= 0.6 is 31.9 Å². The van der Waals surface area contributed by atoms with Crippen LogP contribution in [0.5, 0.6) is 0 Å². The van der Waals surface area contributed by atoms with Crippen LogP contribution in [-0.4, -0.2) is 31.1 Å². The van der Waals surface area contributed by atoms with E-state index in [0.29, 0.717) is 12.0 Å². The second-order valence-electron chi connectivity index (χ2n) is 5.32. The van der Waals surface area contributed by atoms with Gasteiger partial charge in [-0.25, -0.2) is 0 Å². The van der Waals surface area contributed by atoms with Crippen LogP contribution in [0.15, 0.2) is 27.1 Å². The lowest BCUT2D eigenvalue weighted by Crippen LogP contribution is -2.46. The summed E-state index contributed by atoms with van der Waals surface area (Å²) in [5, 5.41) is 3.44. The van der Waals surface area contributed by atoms with E-state index in [1.54, 1.807) is 0 Å². The van der Waals surface area contributed by atoms with E-state index in [2.05, 4.69) is 74.1 Å². The van der Waals surface area contributed by atoms with E-state index in [4.69, 9.17) is 0 Å². The summed E-state index contributed by atoms with van der Waals surface area (Å²) < 4.78 is 2.31. The first-order valence-electron chi connectivity index (χ1n) is 7.02. The summed E-state index contributed by atoms with van der Waals surface area (Å²) in [4.78, 5) is 2.62. The molecule has 1 saturated heterocycles. The average molecular weight is 390 g/mol. The van der Waals surface area contributed by atoms with Crippen molar-refractivity contribution in [1.29, 1.82) is 0 Å². The standard InChI is InChI=1S/C15H22Br2N2/c1-3-11(2)15(19-6-4-18-5-7-19)12-8-13(16)10-14(17)9-12/h8-11,15,18H,3-7H2,1-2H3/t11?,15-/m1/s1. The molecule has 106 valence electrons. The molecule has 1 aromatic carbocycles. The lowest BCUT2D eigenvalue weighted by Gasteiger charge is -2.38. The van der Waals surface area contributed by atoms with Crippen molar-refractivity contribution < 1.29 is 0 Å². The van der Waals surface area contributed by atoms with Crippen LogP contribution in [-0.2, 0) is 0 Å². The molecule has 19 heavy (non-hydrogen) atoms. The maximum atomic E-state index is 3.62. The fourth-order valence-corrected chi connectivity index (χ4v) is 4.16. The third-order valence-electron chi connectivity index (χ3n) is 3.95. The van der Waals surface area contributed by atoms with E-state index in [-0.39, 0.29) is 0 Å². The highest BCUT2D eigenvalue weighted by Gasteiger charge is 2.26. The van der Waals surface area contributed by atoms with E-state index in [0.717, 1.165) is 35.1 Å². The van der Waals surface area contributed by atoms with Gasteiger partial charge in [-0.1, -0.05) is 52.1 Å². The van der Waals surface area contributed by atoms with Gasteiger partial charge in [0.2, 0.25) is 0 Å². The van der Waals surface area contributed by atoms with Gasteiger partial charge in [-0.15, -0.1) is 0 Å². The van der Waals surface area contributed by atoms with Gasteiger partial charge in [-0.05, 0) is 29.7 Å². The molecule has 4 heteroatoms. The van der Waals surface area contributed by atoms with Gasteiger partial charge < -0.3 is 5.32 Å². The third kappa shape index (κ3) is 4.03. The molecule has 1 unspecified atom stereocenters. The zero-order chi connectivity index (χ0) is 13.8. The van der Waals surface area contributed by atoms with Gasteiger partial charge in [-0.3, -0.25) is 4.90 Å². The van der Waals surface area contributed by atoms with Crippen molar-refractivity contribution in [3.63, 3.8) is 0 Å². The summed E-state index contributed by atoms with van der Waals surface area (Å²) >= 11 is 7.23. The minimum atomic E-state index is 0.515. The maximum Gasteiger partial charge on any atom is 0.0375 e. The maximum absolute atomic E-state index is 3.62. The fraction of sp³-hybridized carbons (Fsp3) is 0.600. The van der Waals surface area contributed by atoms with Crippen LogP contribution in [0, 0.1) is 5.92 Å². The molecular weight excluding hydrogens is 368 g/mol. The Morgan fingerprint density at radius 2 is 1.74 bits per heavy atom. The molecule has 1 heterocycles. The lowest BCUT2D eigenvalue weighted by atomic mass is 9.90. The van der Waals surface area contributed by atoms with E-state index in [9.17, 15) is 0 Å². The van der Waals surface area contributed by atoms with Crippen molar-refractivity contribution in [2.24, 2.45) is 5.92 Å². The van der Waals surface area contributed by atoms with Crippen LogP contribution in [0.25, 0.3) is 0 Å². The van der Waals surface area contributed by atoms with E-state index in [1.165, 1.54) is 12.0 Å². The Kier molecular flexibility index (Phi) is 5.87. The Balaban J connectivity index is 2.30. The molecule has 0 amide bonds. The number of hydrogen-bond donors (Lipinski definition) is 1. The number of piperazine rings is 1. The second kappa shape index (κ2) is 7.21. The summed E-state index contributed by atoms with van der Waals surface area (Å²) in [5.74, 6) is 0.666. The van der Waals surface area contributed by atoms with Crippen LogP contribution in [0.3, 0.4) is 0 Å². The Morgan fingerprint density at radius 1 is 1.16 bits per heavy atom. The number of benzene rings is 1. The molecule has 0 spiro atoms. The topological polar surface area (TPSA) is 15.3 Å². The molecule has 1 aromatic rings. The number of nitrogens with zero attached hydrogens (tertiary/aromatic N) is 1. The third-order valence-corrected chi connectivity index (χ3v) is 4.87. The van der Waals surface area contributed by atoms with Crippen LogP contribution in [0.1, 0.15) is 31.9 Å². The lowest BCUT2D eigenvalue weighted by molar-refractivity contribution is 0.128. The smallest absolute Gasteiger partial charge is 0.0375 e. The molecule has 2 nitrogen and oxygen atoms in total. The Morgan fingerprint density at radius 3 is 2.26 bits per heavy atom. The molecule has 1 aliphatic rings. The largest absolute Gasteiger partial charge is 0.314 e. The van der Waals surface area contributed by atoms with Gasteiger partial charge in [0.1, 0.15) is 0 Å². The molecule has 0 aromatic heterocycles. The Hall–Kier alpha value is 0.1000. The van der Waals surface area contributed by atoms with Gasteiger partial charge in [-0.2, -0.15) is 0 Å². The van der Waals surface area contributed by atoms with E-state index >= 15 is 0 Å². The van der Waals surface area contributed by atoms with E-state index in [1.807, 2.05) is 0 Å².